The Balaban J connectivity index is 1.17. The molecule has 3 aromatic heterocycles. The molecule has 1 unspecified atom stereocenters. The molecule has 1 saturated heterocycles. The molecule has 0 bridgehead atoms. The molecule has 7 rings (SSSR count). The van der Waals surface area contributed by atoms with E-state index in [0.29, 0.717) is 25.3 Å². The molecule has 15 heteroatoms. The van der Waals surface area contributed by atoms with Crippen LogP contribution in [0.5, 0.6) is 0 Å². The first-order chi connectivity index (χ1) is 26.7. The fraction of sp³-hybridized carbons (Fsp3) is 0.463. The quantitative estimate of drug-likeness (QED) is 0.0759. The summed E-state index contributed by atoms with van der Waals surface area (Å²) in [4.78, 5) is 46.0. The fourth-order valence-corrected chi connectivity index (χ4v) is 10.00. The summed E-state index contributed by atoms with van der Waals surface area (Å²) >= 11 is 1.70. The van der Waals surface area contributed by atoms with Crippen LogP contribution in [0.3, 0.4) is 0 Å². The molecule has 4 atom stereocenters. The zero-order valence-electron chi connectivity index (χ0n) is 32.8. The molecule has 1 fully saturated rings. The zero-order chi connectivity index (χ0) is 39.9. The number of hydrogen-bond acceptors (Lipinski definition) is 9. The summed E-state index contributed by atoms with van der Waals surface area (Å²) in [7, 11) is -2.19. The van der Waals surface area contributed by atoms with Crippen molar-refractivity contribution in [1.82, 2.24) is 34.9 Å². The summed E-state index contributed by atoms with van der Waals surface area (Å²) in [6.45, 7) is 9.01. The van der Waals surface area contributed by atoms with E-state index in [9.17, 15) is 18.0 Å². The smallest absolute Gasteiger partial charge is 0.407 e. The second kappa shape index (κ2) is 16.1. The highest BCUT2D eigenvalue weighted by Crippen LogP contribution is 2.41. The van der Waals surface area contributed by atoms with Gasteiger partial charge >= 0.3 is 6.09 Å². The third-order valence-corrected chi connectivity index (χ3v) is 12.9. The van der Waals surface area contributed by atoms with E-state index in [1.807, 2.05) is 19.9 Å². The first-order valence-corrected chi connectivity index (χ1v) is 22.1. The number of nitrogens with two attached hydrogens (primary N) is 1. The van der Waals surface area contributed by atoms with Crippen LogP contribution >= 0.6 is 11.3 Å². The van der Waals surface area contributed by atoms with E-state index >= 15 is 0 Å². The number of sulfonamides is 1. The molecule has 56 heavy (non-hydrogen) atoms. The Kier molecular flexibility index (Phi) is 11.4. The number of carbonyl (C=O) groups is 2. The van der Waals surface area contributed by atoms with Crippen LogP contribution in [0.15, 0.2) is 48.5 Å². The molecule has 1 aliphatic rings. The Morgan fingerprint density at radius 1 is 1.00 bits per heavy atom. The predicted octanol–water partition coefficient (Wildman–Crippen LogP) is 7.30. The topological polar surface area (TPSA) is 188 Å². The Bertz CT molecular complexity index is 2500. The molecule has 298 valence electrons. The molecule has 4 heterocycles. The predicted molar refractivity (Wildman–Crippen MR) is 224 cm³/mol. The maximum Gasteiger partial charge on any atom is 0.407 e. The normalized spacial score (nSPS) is 16.8. The van der Waals surface area contributed by atoms with Gasteiger partial charge in [-0.1, -0.05) is 52.0 Å². The third kappa shape index (κ3) is 8.13. The highest BCUT2D eigenvalue weighted by atomic mass is 32.2. The van der Waals surface area contributed by atoms with Crippen LogP contribution in [0.2, 0.25) is 0 Å². The van der Waals surface area contributed by atoms with Crippen molar-refractivity contribution in [3.05, 3.63) is 60.2 Å². The number of methoxy groups -OCH3 is 1. The van der Waals surface area contributed by atoms with Crippen LogP contribution in [0, 0.1) is 11.8 Å². The molecule has 6 N–H and O–H groups in total. The van der Waals surface area contributed by atoms with Crippen molar-refractivity contribution in [1.29, 1.82) is 0 Å². The van der Waals surface area contributed by atoms with E-state index in [0.717, 1.165) is 91.1 Å². The number of alkyl carbamates (subject to hydrolysis) is 1. The number of benzene rings is 3. The molecule has 0 aliphatic carbocycles. The number of carbonyl (C=O) groups excluding carboxylic acids is 2. The number of ether oxygens (including phenoxy) is 1. The summed E-state index contributed by atoms with van der Waals surface area (Å²) < 4.78 is 32.7. The molecule has 0 radical (unpaired) electrons. The Hall–Kier alpha value is -4.57. The van der Waals surface area contributed by atoms with Gasteiger partial charge < -0.3 is 30.7 Å². The lowest BCUT2D eigenvalue weighted by Gasteiger charge is -2.29. The highest BCUT2D eigenvalue weighted by molar-refractivity contribution is 7.88. The fourth-order valence-electron chi connectivity index (χ4n) is 8.01. The van der Waals surface area contributed by atoms with Crippen molar-refractivity contribution in [3.8, 4) is 10.4 Å². The van der Waals surface area contributed by atoms with Gasteiger partial charge in [0.25, 0.3) is 0 Å². The van der Waals surface area contributed by atoms with E-state index in [4.69, 9.17) is 20.4 Å². The van der Waals surface area contributed by atoms with Crippen molar-refractivity contribution in [2.24, 2.45) is 17.6 Å². The van der Waals surface area contributed by atoms with Crippen molar-refractivity contribution in [2.75, 3.05) is 26.5 Å². The Morgan fingerprint density at radius 2 is 1.75 bits per heavy atom. The largest absolute Gasteiger partial charge is 0.453 e. The lowest BCUT2D eigenvalue weighted by atomic mass is 9.89. The number of aromatic amines is 2. The van der Waals surface area contributed by atoms with E-state index in [1.165, 1.54) is 7.11 Å². The van der Waals surface area contributed by atoms with Gasteiger partial charge in [-0.25, -0.2) is 27.9 Å². The minimum atomic E-state index is -3.57. The number of H-pyrrole nitrogens is 2. The first kappa shape index (κ1) is 39.7. The number of nitrogens with zero attached hydrogens (tertiary/aromatic N) is 3. The Labute approximate surface area is 331 Å². The lowest BCUT2D eigenvalue weighted by Crippen LogP contribution is -2.50. The molecular weight excluding hydrogens is 749 g/mol. The van der Waals surface area contributed by atoms with Gasteiger partial charge in [-0.15, -0.1) is 11.3 Å². The monoisotopic (exact) mass is 800 g/mol. The summed E-state index contributed by atoms with van der Waals surface area (Å²) in [5.74, 6) is 1.47. The number of hydrogen-bond donors (Lipinski definition) is 5. The molecule has 0 spiro atoms. The van der Waals surface area contributed by atoms with Crippen molar-refractivity contribution in [3.63, 3.8) is 0 Å². The summed E-state index contributed by atoms with van der Waals surface area (Å²) in [5, 5.41) is 6.29. The second-order valence-corrected chi connectivity index (χ2v) is 18.6. The van der Waals surface area contributed by atoms with E-state index < -0.39 is 22.2 Å². The SMILES string of the molecule is COC(=O)N[C@H](CC(CCCN)c1nc2ccc3cc(-c4cc5ccc6nc([C@@H]7CCCN7C(=O)[C@@H](NS(C)(=O)=O)C(C)C)[nH]c6c5s4)ccc3c2[nH]1)C(C)C. The minimum absolute atomic E-state index is 0.0780. The molecular formula is C41H52N8O5S2. The van der Waals surface area contributed by atoms with Gasteiger partial charge in [0.2, 0.25) is 15.9 Å². The summed E-state index contributed by atoms with van der Waals surface area (Å²) in [5.41, 5.74) is 10.7. The molecule has 6 aromatic rings. The maximum atomic E-state index is 13.7. The van der Waals surface area contributed by atoms with Crippen molar-refractivity contribution < 1.29 is 22.7 Å². The Morgan fingerprint density at radius 3 is 2.45 bits per heavy atom. The van der Waals surface area contributed by atoms with Gasteiger partial charge in [0.05, 0.1) is 46.2 Å². The molecule has 0 saturated carbocycles. The van der Waals surface area contributed by atoms with Crippen LogP contribution in [0.25, 0.3) is 53.4 Å². The van der Waals surface area contributed by atoms with Gasteiger partial charge in [-0.2, -0.15) is 0 Å². The van der Waals surface area contributed by atoms with Crippen molar-refractivity contribution >= 4 is 76.3 Å². The zero-order valence-corrected chi connectivity index (χ0v) is 34.4. The minimum Gasteiger partial charge on any atom is -0.453 e. The number of likely N-dealkylation sites (tertiary alicyclic amines) is 1. The third-order valence-electron chi connectivity index (χ3n) is 11.0. The van der Waals surface area contributed by atoms with Gasteiger partial charge in [0.15, 0.2) is 0 Å². The number of fused-ring (bicyclic) bond motifs is 6. The van der Waals surface area contributed by atoms with E-state index in [-0.39, 0.29) is 35.7 Å². The van der Waals surface area contributed by atoms with E-state index in [1.54, 1.807) is 16.2 Å². The van der Waals surface area contributed by atoms with Crippen molar-refractivity contribution in [2.45, 2.75) is 83.8 Å². The van der Waals surface area contributed by atoms with Gasteiger partial charge in [-0.3, -0.25) is 4.79 Å². The average Bonchev–Trinajstić information content (AvgIpc) is 3.98. The number of aromatic nitrogens is 4. The van der Waals surface area contributed by atoms with Crippen LogP contribution in [-0.4, -0.2) is 83.8 Å². The number of rotatable bonds is 14. The number of imidazole rings is 2. The molecule has 13 nitrogen and oxygen atoms in total. The summed E-state index contributed by atoms with van der Waals surface area (Å²) in [6, 6.07) is 15.8. The van der Waals surface area contributed by atoms with Gasteiger partial charge in [0, 0.05) is 28.8 Å². The summed E-state index contributed by atoms with van der Waals surface area (Å²) in [6.07, 6.45) is 4.61. The maximum absolute atomic E-state index is 13.7. The molecule has 2 amide bonds. The van der Waals surface area contributed by atoms with Crippen LogP contribution in [0.4, 0.5) is 4.79 Å². The van der Waals surface area contributed by atoms with E-state index in [2.05, 4.69) is 76.3 Å². The number of nitrogens with one attached hydrogen (secondary N) is 4. The average molecular weight is 801 g/mol. The second-order valence-electron chi connectivity index (χ2n) is 15.8. The molecule has 1 aliphatic heterocycles. The lowest BCUT2D eigenvalue weighted by molar-refractivity contribution is -0.135. The van der Waals surface area contributed by atoms with Gasteiger partial charge in [0.1, 0.15) is 17.7 Å². The van der Waals surface area contributed by atoms with Crippen LogP contribution in [0.1, 0.15) is 83.4 Å². The number of amides is 2. The first-order valence-electron chi connectivity index (χ1n) is 19.4. The van der Waals surface area contributed by atoms with Gasteiger partial charge in [-0.05, 0) is 91.1 Å². The number of thiophene rings is 1. The molecule has 3 aromatic carbocycles. The standard InChI is InChI=1S/C41H52N8O5S2/c1-22(2)31(45-41(51)54-5)20-27(9-7-17-42)38-43-29-15-12-24-19-25(11-14-28(24)35(29)46-38)33-21-26-13-16-30-36(37(26)55-33)47-39(44-30)32-10-8-18-49(32)40(50)34(23(3)4)48-56(6,52)53/h11-16,19,21-23,27,31-32,34,48H,7-10,17-18,20,42H2,1-6H3,(H,43,46)(H,44,47)(H,45,51)/t27?,31-,32+,34+/m1/s1. The highest BCUT2D eigenvalue weighted by Gasteiger charge is 2.38. The van der Waals surface area contributed by atoms with Crippen LogP contribution < -0.4 is 15.8 Å². The van der Waals surface area contributed by atoms with Crippen LogP contribution in [-0.2, 0) is 19.6 Å².